The Morgan fingerprint density at radius 3 is 2.65 bits per heavy atom. The van der Waals surface area contributed by atoms with Crippen LogP contribution in [0.5, 0.6) is 11.5 Å². The molecule has 0 atom stereocenters. The van der Waals surface area contributed by atoms with Crippen molar-refractivity contribution in [2.24, 2.45) is 4.99 Å². The van der Waals surface area contributed by atoms with E-state index >= 15 is 0 Å². The van der Waals surface area contributed by atoms with E-state index in [9.17, 15) is 4.79 Å². The fraction of sp³-hybridized carbons (Fsp3) is 0.556. The molecular formula is C18H29IN4O3. The van der Waals surface area contributed by atoms with E-state index in [4.69, 9.17) is 9.47 Å². The molecule has 1 aromatic carbocycles. The first-order chi connectivity index (χ1) is 12.1. The van der Waals surface area contributed by atoms with Crippen LogP contribution in [0.1, 0.15) is 33.6 Å². The van der Waals surface area contributed by atoms with Gasteiger partial charge in [0, 0.05) is 37.2 Å². The summed E-state index contributed by atoms with van der Waals surface area (Å²) in [5.74, 6) is 2.13. The van der Waals surface area contributed by atoms with Crippen LogP contribution >= 0.6 is 24.0 Å². The van der Waals surface area contributed by atoms with Gasteiger partial charge >= 0.3 is 0 Å². The molecule has 0 aliphatic carbocycles. The highest BCUT2D eigenvalue weighted by molar-refractivity contribution is 14.0. The Bertz CT molecular complexity index is 608. The van der Waals surface area contributed by atoms with Gasteiger partial charge in [-0.15, -0.1) is 24.0 Å². The molecule has 26 heavy (non-hydrogen) atoms. The molecule has 0 bridgehead atoms. The molecule has 146 valence electrons. The Balaban J connectivity index is 0.00000338. The van der Waals surface area contributed by atoms with Gasteiger partial charge in [-0.1, -0.05) is 0 Å². The maximum atomic E-state index is 11.7. The molecule has 1 aliphatic heterocycles. The summed E-state index contributed by atoms with van der Waals surface area (Å²) in [6.07, 6.45) is 1.23. The Morgan fingerprint density at radius 2 is 1.96 bits per heavy atom. The summed E-state index contributed by atoms with van der Waals surface area (Å²) in [4.78, 5) is 16.1. The van der Waals surface area contributed by atoms with E-state index in [0.29, 0.717) is 32.1 Å². The Morgan fingerprint density at radius 1 is 1.23 bits per heavy atom. The van der Waals surface area contributed by atoms with Crippen LogP contribution in [-0.2, 0) is 4.79 Å². The number of hydrogen-bond acceptors (Lipinski definition) is 4. The largest absolute Gasteiger partial charge is 0.490 e. The van der Waals surface area contributed by atoms with Crippen molar-refractivity contribution in [3.63, 3.8) is 0 Å². The predicted octanol–water partition coefficient (Wildman–Crippen LogP) is 2.76. The van der Waals surface area contributed by atoms with E-state index in [0.717, 1.165) is 30.2 Å². The molecule has 1 aromatic rings. The number of amides is 1. The van der Waals surface area contributed by atoms with Crippen LogP contribution < -0.4 is 25.4 Å². The van der Waals surface area contributed by atoms with Crippen molar-refractivity contribution in [1.82, 2.24) is 10.6 Å². The van der Waals surface area contributed by atoms with Crippen molar-refractivity contribution in [2.75, 3.05) is 31.6 Å². The Labute approximate surface area is 172 Å². The zero-order chi connectivity index (χ0) is 18.1. The first kappa shape index (κ1) is 22.3. The fourth-order valence-corrected chi connectivity index (χ4v) is 2.35. The second-order valence-corrected chi connectivity index (χ2v) is 6.07. The predicted molar refractivity (Wildman–Crippen MR) is 115 cm³/mol. The number of hydrogen-bond donors (Lipinski definition) is 3. The lowest BCUT2D eigenvalue weighted by Gasteiger charge is -2.14. The maximum absolute atomic E-state index is 11.7. The molecule has 1 aliphatic rings. The molecule has 0 saturated heterocycles. The number of nitrogens with zero attached hydrogens (tertiary/aromatic N) is 1. The molecule has 0 aromatic heterocycles. The molecule has 1 amide bonds. The summed E-state index contributed by atoms with van der Waals surface area (Å²) in [5.41, 5.74) is 0.857. The first-order valence-electron chi connectivity index (χ1n) is 8.83. The number of halogens is 1. The Kier molecular flexibility index (Phi) is 10.2. The topological polar surface area (TPSA) is 84.0 Å². The van der Waals surface area contributed by atoms with E-state index in [1.165, 1.54) is 0 Å². The maximum Gasteiger partial charge on any atom is 0.222 e. The van der Waals surface area contributed by atoms with Crippen LogP contribution in [0.15, 0.2) is 23.2 Å². The van der Waals surface area contributed by atoms with Crippen LogP contribution in [-0.4, -0.2) is 44.2 Å². The number of carbonyl (C=O) groups is 1. The lowest BCUT2D eigenvalue weighted by molar-refractivity contribution is -0.121. The molecule has 0 unspecified atom stereocenters. The number of anilines is 1. The number of fused-ring (bicyclic) bond motifs is 1. The zero-order valence-electron chi connectivity index (χ0n) is 15.6. The van der Waals surface area contributed by atoms with E-state index < -0.39 is 0 Å². The van der Waals surface area contributed by atoms with Gasteiger partial charge in [0.1, 0.15) is 0 Å². The molecule has 2 rings (SSSR count). The van der Waals surface area contributed by atoms with Crippen molar-refractivity contribution < 1.29 is 14.3 Å². The van der Waals surface area contributed by atoms with Crippen molar-refractivity contribution >= 4 is 41.5 Å². The molecule has 0 saturated carbocycles. The SMILES string of the molecule is CCNC(=NCCC(=O)NC(C)C)Nc1ccc2c(c1)OCCCO2.I. The van der Waals surface area contributed by atoms with Crippen LogP contribution in [0, 0.1) is 0 Å². The molecule has 3 N–H and O–H groups in total. The molecule has 0 spiro atoms. The van der Waals surface area contributed by atoms with Gasteiger partial charge in [-0.25, -0.2) is 0 Å². The highest BCUT2D eigenvalue weighted by atomic mass is 127. The summed E-state index contributed by atoms with van der Waals surface area (Å²) in [7, 11) is 0. The van der Waals surface area contributed by atoms with E-state index in [2.05, 4.69) is 20.9 Å². The van der Waals surface area contributed by atoms with Gasteiger partial charge in [0.25, 0.3) is 0 Å². The minimum Gasteiger partial charge on any atom is -0.490 e. The molecule has 0 radical (unpaired) electrons. The third kappa shape index (κ3) is 7.67. The van der Waals surface area contributed by atoms with Crippen LogP contribution in [0.3, 0.4) is 0 Å². The lowest BCUT2D eigenvalue weighted by Crippen LogP contribution is -2.32. The number of aliphatic imine (C=N–C) groups is 1. The van der Waals surface area contributed by atoms with Gasteiger partial charge in [-0.3, -0.25) is 9.79 Å². The average molecular weight is 476 g/mol. The number of nitrogens with one attached hydrogen (secondary N) is 3. The van der Waals surface area contributed by atoms with E-state index in [-0.39, 0.29) is 35.9 Å². The quantitative estimate of drug-likeness (QED) is 0.334. The van der Waals surface area contributed by atoms with Crippen molar-refractivity contribution in [3.05, 3.63) is 18.2 Å². The average Bonchev–Trinajstić information content (AvgIpc) is 2.79. The number of guanidine groups is 1. The minimum absolute atomic E-state index is 0. The number of ether oxygens (including phenoxy) is 2. The monoisotopic (exact) mass is 476 g/mol. The minimum atomic E-state index is 0. The lowest BCUT2D eigenvalue weighted by atomic mass is 10.2. The second kappa shape index (κ2) is 11.8. The fourth-order valence-electron chi connectivity index (χ4n) is 2.35. The first-order valence-corrected chi connectivity index (χ1v) is 8.83. The normalized spacial score (nSPS) is 13.5. The highest BCUT2D eigenvalue weighted by Gasteiger charge is 2.11. The smallest absolute Gasteiger partial charge is 0.222 e. The van der Waals surface area contributed by atoms with Crippen LogP contribution in [0.25, 0.3) is 0 Å². The van der Waals surface area contributed by atoms with Gasteiger partial charge < -0.3 is 25.4 Å². The van der Waals surface area contributed by atoms with Gasteiger partial charge in [0.05, 0.1) is 19.8 Å². The van der Waals surface area contributed by atoms with Crippen molar-refractivity contribution in [1.29, 1.82) is 0 Å². The van der Waals surface area contributed by atoms with Gasteiger partial charge in [0.15, 0.2) is 17.5 Å². The Hall–Kier alpha value is -1.71. The number of carbonyl (C=O) groups excluding carboxylic acids is 1. The molecule has 7 nitrogen and oxygen atoms in total. The number of benzene rings is 1. The summed E-state index contributed by atoms with van der Waals surface area (Å²) < 4.78 is 11.3. The van der Waals surface area contributed by atoms with Gasteiger partial charge in [0.2, 0.25) is 5.91 Å². The number of rotatable bonds is 6. The molecule has 0 fully saturated rings. The third-order valence-corrected chi connectivity index (χ3v) is 3.41. The molecule has 8 heteroatoms. The molecular weight excluding hydrogens is 447 g/mol. The summed E-state index contributed by atoms with van der Waals surface area (Å²) >= 11 is 0. The van der Waals surface area contributed by atoms with E-state index in [1.54, 1.807) is 0 Å². The summed E-state index contributed by atoms with van der Waals surface area (Å²) in [5, 5.41) is 9.27. The van der Waals surface area contributed by atoms with Crippen molar-refractivity contribution in [2.45, 2.75) is 39.7 Å². The molecule has 1 heterocycles. The summed E-state index contributed by atoms with van der Waals surface area (Å²) in [6, 6.07) is 5.86. The van der Waals surface area contributed by atoms with Gasteiger partial charge in [-0.2, -0.15) is 0 Å². The van der Waals surface area contributed by atoms with Crippen molar-refractivity contribution in [3.8, 4) is 11.5 Å². The third-order valence-electron chi connectivity index (χ3n) is 3.41. The zero-order valence-corrected chi connectivity index (χ0v) is 18.0. The van der Waals surface area contributed by atoms with Gasteiger partial charge in [-0.05, 0) is 32.9 Å². The van der Waals surface area contributed by atoms with Crippen LogP contribution in [0.4, 0.5) is 5.69 Å². The second-order valence-electron chi connectivity index (χ2n) is 6.07. The standard InChI is InChI=1S/C18H28N4O3.HI/c1-4-19-18(20-9-8-17(23)21-13(2)3)22-14-6-7-15-16(12-14)25-11-5-10-24-15;/h6-7,12-13H,4-5,8-11H2,1-3H3,(H,21,23)(H2,19,20,22);1H. The van der Waals surface area contributed by atoms with Crippen LogP contribution in [0.2, 0.25) is 0 Å². The highest BCUT2D eigenvalue weighted by Crippen LogP contribution is 2.32. The summed E-state index contributed by atoms with van der Waals surface area (Å²) in [6.45, 7) is 8.34. The van der Waals surface area contributed by atoms with E-state index in [1.807, 2.05) is 39.0 Å².